The molecule has 2 aliphatic rings. The number of hydrogen-bond donors (Lipinski definition) is 3. The molecule has 1 aliphatic heterocycles. The highest BCUT2D eigenvalue weighted by Gasteiger charge is 2.26. The molecule has 7 heteroatoms. The largest absolute Gasteiger partial charge is 0.371 e. The van der Waals surface area contributed by atoms with Crippen molar-refractivity contribution in [1.29, 1.82) is 0 Å². The normalized spacial score (nSPS) is 18.7. The van der Waals surface area contributed by atoms with E-state index < -0.39 is 0 Å². The Morgan fingerprint density at radius 2 is 1.93 bits per heavy atom. The van der Waals surface area contributed by atoms with Crippen molar-refractivity contribution in [1.82, 2.24) is 5.32 Å². The molecule has 2 aromatic rings. The Morgan fingerprint density at radius 3 is 2.72 bits per heavy atom. The lowest BCUT2D eigenvalue weighted by Gasteiger charge is -2.27. The van der Waals surface area contributed by atoms with Crippen LogP contribution >= 0.6 is 23.4 Å². The average molecular weight is 430 g/mol. The van der Waals surface area contributed by atoms with Crippen LogP contribution in [0.1, 0.15) is 41.6 Å². The van der Waals surface area contributed by atoms with Crippen LogP contribution in [-0.4, -0.2) is 29.7 Å². The Labute approximate surface area is 180 Å². The maximum absolute atomic E-state index is 12.5. The van der Waals surface area contributed by atoms with Crippen molar-refractivity contribution in [2.45, 2.75) is 43.5 Å². The number of anilines is 2. The number of rotatable bonds is 6. The van der Waals surface area contributed by atoms with E-state index in [0.717, 1.165) is 34.9 Å². The zero-order valence-corrected chi connectivity index (χ0v) is 17.6. The van der Waals surface area contributed by atoms with E-state index in [1.165, 1.54) is 12.8 Å². The molecule has 1 saturated carbocycles. The Kier molecular flexibility index (Phi) is 6.31. The summed E-state index contributed by atoms with van der Waals surface area (Å²) in [6.45, 7) is 0. The van der Waals surface area contributed by atoms with Crippen LogP contribution in [0.2, 0.25) is 5.02 Å². The van der Waals surface area contributed by atoms with Gasteiger partial charge in [-0.1, -0.05) is 42.6 Å². The molecule has 152 valence electrons. The Balaban J connectivity index is 1.35. The summed E-state index contributed by atoms with van der Waals surface area (Å²) < 4.78 is 0. The minimum absolute atomic E-state index is 0.0774. The van der Waals surface area contributed by atoms with E-state index in [1.807, 2.05) is 36.4 Å². The van der Waals surface area contributed by atoms with Crippen molar-refractivity contribution >= 4 is 46.6 Å². The first-order valence-corrected chi connectivity index (χ1v) is 11.5. The number of carbonyl (C=O) groups is 2. The van der Waals surface area contributed by atoms with Crippen molar-refractivity contribution in [3.63, 3.8) is 0 Å². The minimum atomic E-state index is -0.326. The second kappa shape index (κ2) is 9.09. The third kappa shape index (κ3) is 4.87. The van der Waals surface area contributed by atoms with Crippen LogP contribution in [0.4, 0.5) is 11.4 Å². The van der Waals surface area contributed by atoms with Gasteiger partial charge in [-0.2, -0.15) is 11.8 Å². The molecule has 0 radical (unpaired) electrons. The SMILES string of the molecule is O=C(NC1CCCC1)c1ccc2c(c1)NC(=O)C(CSCc1ccccc1Cl)N2. The quantitative estimate of drug-likeness (QED) is 0.623. The van der Waals surface area contributed by atoms with Crippen molar-refractivity contribution in [3.8, 4) is 0 Å². The molecule has 2 aromatic carbocycles. The lowest BCUT2D eigenvalue weighted by molar-refractivity contribution is -0.116. The van der Waals surface area contributed by atoms with E-state index in [0.29, 0.717) is 17.0 Å². The van der Waals surface area contributed by atoms with Gasteiger partial charge in [0, 0.05) is 28.1 Å². The highest BCUT2D eigenvalue weighted by atomic mass is 35.5. The van der Waals surface area contributed by atoms with Gasteiger partial charge in [-0.15, -0.1) is 0 Å². The molecule has 4 rings (SSSR count). The predicted octanol–water partition coefficient (Wildman–Crippen LogP) is 4.68. The highest BCUT2D eigenvalue weighted by molar-refractivity contribution is 7.98. The monoisotopic (exact) mass is 429 g/mol. The first-order valence-electron chi connectivity index (χ1n) is 9.93. The number of benzene rings is 2. The van der Waals surface area contributed by atoms with Crippen LogP contribution < -0.4 is 16.0 Å². The Morgan fingerprint density at radius 1 is 1.14 bits per heavy atom. The molecule has 1 unspecified atom stereocenters. The first kappa shape index (κ1) is 20.1. The van der Waals surface area contributed by atoms with Crippen LogP contribution in [0.5, 0.6) is 0 Å². The summed E-state index contributed by atoms with van der Waals surface area (Å²) in [7, 11) is 0. The second-order valence-corrected chi connectivity index (χ2v) is 8.95. The topological polar surface area (TPSA) is 70.2 Å². The Bertz CT molecular complexity index is 915. The van der Waals surface area contributed by atoms with E-state index in [2.05, 4.69) is 16.0 Å². The van der Waals surface area contributed by atoms with Crippen molar-refractivity contribution in [2.75, 3.05) is 16.4 Å². The van der Waals surface area contributed by atoms with E-state index in [-0.39, 0.29) is 23.9 Å². The van der Waals surface area contributed by atoms with Crippen molar-refractivity contribution in [2.24, 2.45) is 0 Å². The second-order valence-electron chi connectivity index (χ2n) is 7.51. The number of hydrogen-bond acceptors (Lipinski definition) is 4. The summed E-state index contributed by atoms with van der Waals surface area (Å²) in [6, 6.07) is 13.1. The van der Waals surface area contributed by atoms with Gasteiger partial charge in [0.1, 0.15) is 6.04 Å². The minimum Gasteiger partial charge on any atom is -0.371 e. The fourth-order valence-electron chi connectivity index (χ4n) is 3.75. The van der Waals surface area contributed by atoms with Gasteiger partial charge >= 0.3 is 0 Å². The number of carbonyl (C=O) groups excluding carboxylic acids is 2. The van der Waals surface area contributed by atoms with Crippen molar-refractivity contribution in [3.05, 3.63) is 58.6 Å². The number of fused-ring (bicyclic) bond motifs is 1. The standard InChI is InChI=1S/C22H24ClN3O2S/c23-17-8-4-1-5-15(17)12-29-13-20-22(28)26-19-11-14(9-10-18(19)25-20)21(27)24-16-6-2-3-7-16/h1,4-5,8-11,16,20,25H,2-3,6-7,12-13H2,(H,24,27)(H,26,28). The number of halogens is 1. The fraction of sp³-hybridized carbons (Fsp3) is 0.364. The molecule has 2 amide bonds. The van der Waals surface area contributed by atoms with E-state index >= 15 is 0 Å². The summed E-state index contributed by atoms with van der Waals surface area (Å²) in [4.78, 5) is 25.0. The summed E-state index contributed by atoms with van der Waals surface area (Å²) in [5.74, 6) is 1.21. The third-order valence-electron chi connectivity index (χ3n) is 5.38. The van der Waals surface area contributed by atoms with Gasteiger partial charge < -0.3 is 16.0 Å². The molecule has 1 atom stereocenters. The number of thioether (sulfide) groups is 1. The van der Waals surface area contributed by atoms with Gasteiger partial charge in [-0.3, -0.25) is 9.59 Å². The summed E-state index contributed by atoms with van der Waals surface area (Å²) in [5.41, 5.74) is 3.13. The van der Waals surface area contributed by atoms with Gasteiger partial charge in [-0.25, -0.2) is 0 Å². The predicted molar refractivity (Wildman–Crippen MR) is 120 cm³/mol. The molecular formula is C22H24ClN3O2S. The summed E-state index contributed by atoms with van der Waals surface area (Å²) in [5, 5.41) is 10.1. The van der Waals surface area contributed by atoms with Crippen LogP contribution in [0.3, 0.4) is 0 Å². The van der Waals surface area contributed by atoms with E-state index in [4.69, 9.17) is 11.6 Å². The van der Waals surface area contributed by atoms with Gasteiger partial charge in [0.2, 0.25) is 5.91 Å². The molecule has 5 nitrogen and oxygen atoms in total. The number of nitrogens with one attached hydrogen (secondary N) is 3. The molecule has 1 heterocycles. The third-order valence-corrected chi connectivity index (χ3v) is 6.83. The molecule has 1 fully saturated rings. The molecule has 1 aliphatic carbocycles. The maximum atomic E-state index is 12.5. The van der Waals surface area contributed by atoms with Gasteiger partial charge in [0.15, 0.2) is 0 Å². The lowest BCUT2D eigenvalue weighted by Crippen LogP contribution is -2.41. The molecule has 0 spiro atoms. The smallest absolute Gasteiger partial charge is 0.251 e. The van der Waals surface area contributed by atoms with E-state index in [9.17, 15) is 9.59 Å². The fourth-order valence-corrected chi connectivity index (χ4v) is 5.09. The van der Waals surface area contributed by atoms with Gasteiger partial charge in [-0.05, 0) is 42.7 Å². The average Bonchev–Trinajstić information content (AvgIpc) is 3.22. The molecule has 0 aromatic heterocycles. The first-order chi connectivity index (χ1) is 14.1. The highest BCUT2D eigenvalue weighted by Crippen LogP contribution is 2.30. The van der Waals surface area contributed by atoms with Crippen LogP contribution in [0.15, 0.2) is 42.5 Å². The number of amides is 2. The van der Waals surface area contributed by atoms with Gasteiger partial charge in [0.25, 0.3) is 5.91 Å². The van der Waals surface area contributed by atoms with Crippen LogP contribution in [0.25, 0.3) is 0 Å². The molecular weight excluding hydrogens is 406 g/mol. The molecule has 29 heavy (non-hydrogen) atoms. The Hall–Kier alpha value is -2.18. The zero-order chi connectivity index (χ0) is 20.2. The zero-order valence-electron chi connectivity index (χ0n) is 16.0. The lowest BCUT2D eigenvalue weighted by atomic mass is 10.1. The van der Waals surface area contributed by atoms with E-state index in [1.54, 1.807) is 17.8 Å². The van der Waals surface area contributed by atoms with Gasteiger partial charge in [0.05, 0.1) is 11.4 Å². The van der Waals surface area contributed by atoms with Crippen LogP contribution in [-0.2, 0) is 10.5 Å². The summed E-state index contributed by atoms with van der Waals surface area (Å²) >= 11 is 7.85. The summed E-state index contributed by atoms with van der Waals surface area (Å²) in [6.07, 6.45) is 4.43. The van der Waals surface area contributed by atoms with Crippen LogP contribution in [0, 0.1) is 0 Å². The van der Waals surface area contributed by atoms with Crippen molar-refractivity contribution < 1.29 is 9.59 Å². The molecule has 0 bridgehead atoms. The molecule has 3 N–H and O–H groups in total. The molecule has 0 saturated heterocycles. The maximum Gasteiger partial charge on any atom is 0.251 e.